The molecule has 0 unspecified atom stereocenters. The van der Waals surface area contributed by atoms with Crippen molar-refractivity contribution in [1.82, 2.24) is 5.32 Å². The average molecular weight is 352 g/mol. The Morgan fingerprint density at radius 2 is 2.19 bits per heavy atom. The Labute approximate surface area is 134 Å². The van der Waals surface area contributed by atoms with Crippen LogP contribution in [0.15, 0.2) is 12.1 Å². The second-order valence-electron chi connectivity index (χ2n) is 3.94. The van der Waals surface area contributed by atoms with Crippen LogP contribution in [0.5, 0.6) is 0 Å². The molecule has 9 heteroatoms. The van der Waals surface area contributed by atoms with E-state index in [0.717, 1.165) is 12.0 Å². The van der Waals surface area contributed by atoms with Gasteiger partial charge in [-0.2, -0.15) is 0 Å². The molecule has 0 saturated heterocycles. The predicted molar refractivity (Wildman–Crippen MR) is 81.7 cm³/mol. The molecule has 0 saturated carbocycles. The van der Waals surface area contributed by atoms with E-state index in [-0.39, 0.29) is 5.75 Å². The van der Waals surface area contributed by atoms with E-state index in [9.17, 15) is 14.4 Å². The molecule has 0 bridgehead atoms. The molecule has 0 fully saturated rings. The summed E-state index contributed by atoms with van der Waals surface area (Å²) in [6.07, 6.45) is -0.400. The molecule has 0 aromatic carbocycles. The third-order valence-electron chi connectivity index (χ3n) is 2.34. The van der Waals surface area contributed by atoms with Gasteiger partial charge >= 0.3 is 11.9 Å². The van der Waals surface area contributed by atoms with Crippen LogP contribution in [-0.2, 0) is 24.9 Å². The van der Waals surface area contributed by atoms with Gasteiger partial charge in [-0.3, -0.25) is 9.59 Å². The summed E-state index contributed by atoms with van der Waals surface area (Å²) in [4.78, 5) is 34.7. The summed E-state index contributed by atoms with van der Waals surface area (Å²) in [6, 6.07) is 2.37. The molecule has 0 aliphatic heterocycles. The lowest BCUT2D eigenvalue weighted by Gasteiger charge is -2.12. The minimum atomic E-state index is -1.28. The number of thiophene rings is 1. The Kier molecular flexibility index (Phi) is 7.55. The van der Waals surface area contributed by atoms with Crippen molar-refractivity contribution in [1.29, 1.82) is 0 Å². The van der Waals surface area contributed by atoms with Crippen molar-refractivity contribution in [3.8, 4) is 0 Å². The smallest absolute Gasteiger partial charge is 0.326 e. The second-order valence-corrected chi connectivity index (χ2v) is 6.72. The summed E-state index contributed by atoms with van der Waals surface area (Å²) in [5.41, 5.74) is 0. The molecule has 21 heavy (non-hydrogen) atoms. The minimum absolute atomic E-state index is 0.0977. The summed E-state index contributed by atoms with van der Waals surface area (Å²) in [5, 5.41) is 11.2. The monoisotopic (exact) mass is 351 g/mol. The van der Waals surface area contributed by atoms with Crippen molar-refractivity contribution in [2.75, 3.05) is 12.9 Å². The molecule has 0 aliphatic rings. The molecule has 116 valence electrons. The molecule has 0 spiro atoms. The number of hydrogen-bond donors (Lipinski definition) is 2. The zero-order valence-electron chi connectivity index (χ0n) is 11.1. The van der Waals surface area contributed by atoms with Gasteiger partial charge in [0, 0.05) is 10.6 Å². The molecule has 1 atom stereocenters. The maximum Gasteiger partial charge on any atom is 0.326 e. The Morgan fingerprint density at radius 1 is 1.48 bits per heavy atom. The van der Waals surface area contributed by atoms with Crippen LogP contribution in [-0.4, -0.2) is 41.9 Å². The van der Waals surface area contributed by atoms with Crippen molar-refractivity contribution < 1.29 is 24.2 Å². The highest BCUT2D eigenvalue weighted by Gasteiger charge is 2.23. The van der Waals surface area contributed by atoms with Gasteiger partial charge < -0.3 is 15.2 Å². The number of nitrogens with one attached hydrogen (secondary N) is 1. The van der Waals surface area contributed by atoms with Crippen LogP contribution < -0.4 is 5.32 Å². The number of rotatable bonds is 8. The number of thioether (sulfide) groups is 1. The molecule has 2 N–H and O–H groups in total. The van der Waals surface area contributed by atoms with Crippen molar-refractivity contribution >= 4 is 52.5 Å². The summed E-state index contributed by atoms with van der Waals surface area (Å²) in [6.45, 7) is 0. The number of esters is 1. The van der Waals surface area contributed by atoms with Crippen molar-refractivity contribution in [2.45, 2.75) is 18.2 Å². The maximum atomic E-state index is 11.7. The zero-order chi connectivity index (χ0) is 15.8. The Bertz CT molecular complexity index is 520. The average Bonchev–Trinajstić information content (AvgIpc) is 2.83. The van der Waals surface area contributed by atoms with Crippen LogP contribution in [0.25, 0.3) is 0 Å². The quantitative estimate of drug-likeness (QED) is 0.693. The van der Waals surface area contributed by atoms with E-state index >= 15 is 0 Å². The molecule has 1 rings (SSSR count). The van der Waals surface area contributed by atoms with Gasteiger partial charge in [-0.05, 0) is 12.1 Å². The third kappa shape index (κ3) is 6.83. The van der Waals surface area contributed by atoms with E-state index in [4.69, 9.17) is 16.7 Å². The van der Waals surface area contributed by atoms with E-state index in [1.54, 1.807) is 6.07 Å². The van der Waals surface area contributed by atoms with Gasteiger partial charge in [-0.1, -0.05) is 11.6 Å². The first-order chi connectivity index (χ1) is 9.92. The second kappa shape index (κ2) is 8.91. The number of carboxylic acid groups (broad SMARTS) is 1. The lowest BCUT2D eigenvalue weighted by molar-refractivity contribution is -0.148. The number of carbonyl (C=O) groups excluding carboxylic acids is 2. The van der Waals surface area contributed by atoms with E-state index in [1.165, 1.54) is 23.1 Å². The van der Waals surface area contributed by atoms with Gasteiger partial charge in [-0.25, -0.2) is 4.79 Å². The number of methoxy groups -OCH3 is 1. The summed E-state index contributed by atoms with van der Waals surface area (Å²) in [5.74, 6) is -1.70. The molecule has 1 aromatic heterocycles. The first-order valence-electron chi connectivity index (χ1n) is 5.83. The zero-order valence-corrected chi connectivity index (χ0v) is 13.5. The standard InChI is InChI=1S/C12H14ClNO5S2/c1-19-11(16)4-8(12(17)18)14-10(15)6-20-5-7-2-3-9(13)21-7/h2-3,8H,4-6H2,1H3,(H,14,15)(H,17,18)/t8-/m0/s1. The normalized spacial score (nSPS) is 11.7. The number of amides is 1. The lowest BCUT2D eigenvalue weighted by Crippen LogP contribution is -2.43. The molecular formula is C12H14ClNO5S2. The minimum Gasteiger partial charge on any atom is -0.480 e. The topological polar surface area (TPSA) is 92.7 Å². The first kappa shape index (κ1) is 17.8. The van der Waals surface area contributed by atoms with Gasteiger partial charge in [0.1, 0.15) is 6.04 Å². The van der Waals surface area contributed by atoms with Crippen LogP contribution in [0, 0.1) is 0 Å². The molecule has 0 aliphatic carbocycles. The van der Waals surface area contributed by atoms with Crippen molar-refractivity contribution in [3.63, 3.8) is 0 Å². The number of carboxylic acids is 1. The van der Waals surface area contributed by atoms with Crippen LogP contribution in [0.2, 0.25) is 4.34 Å². The van der Waals surface area contributed by atoms with E-state index in [2.05, 4.69) is 10.1 Å². The van der Waals surface area contributed by atoms with E-state index in [0.29, 0.717) is 10.1 Å². The van der Waals surface area contributed by atoms with Crippen molar-refractivity contribution in [2.24, 2.45) is 0 Å². The molecule has 1 heterocycles. The molecule has 0 radical (unpaired) electrons. The fraction of sp³-hybridized carbons (Fsp3) is 0.417. The first-order valence-corrected chi connectivity index (χ1v) is 8.18. The largest absolute Gasteiger partial charge is 0.480 e. The van der Waals surface area contributed by atoms with E-state index in [1.807, 2.05) is 6.07 Å². The Hall–Kier alpha value is -1.25. The van der Waals surface area contributed by atoms with Gasteiger partial charge in [0.2, 0.25) is 5.91 Å². The lowest BCUT2D eigenvalue weighted by atomic mass is 10.2. The van der Waals surface area contributed by atoms with Gasteiger partial charge in [0.05, 0.1) is 23.6 Å². The van der Waals surface area contributed by atoms with Crippen molar-refractivity contribution in [3.05, 3.63) is 21.3 Å². The molecule has 1 amide bonds. The maximum absolute atomic E-state index is 11.7. The number of halogens is 1. The fourth-order valence-electron chi connectivity index (χ4n) is 1.36. The molecule has 1 aromatic rings. The number of ether oxygens (including phenoxy) is 1. The van der Waals surface area contributed by atoms with Crippen LogP contribution in [0.1, 0.15) is 11.3 Å². The van der Waals surface area contributed by atoms with Crippen LogP contribution >= 0.6 is 34.7 Å². The number of aliphatic carboxylic acids is 1. The highest BCUT2D eigenvalue weighted by molar-refractivity contribution is 7.99. The highest BCUT2D eigenvalue weighted by atomic mass is 35.5. The van der Waals surface area contributed by atoms with Crippen LogP contribution in [0.4, 0.5) is 0 Å². The number of hydrogen-bond acceptors (Lipinski definition) is 6. The van der Waals surface area contributed by atoms with Gasteiger partial charge in [0.15, 0.2) is 0 Å². The predicted octanol–water partition coefficient (Wildman–Crippen LogP) is 1.77. The van der Waals surface area contributed by atoms with Gasteiger partial charge in [-0.15, -0.1) is 23.1 Å². The van der Waals surface area contributed by atoms with Crippen LogP contribution in [0.3, 0.4) is 0 Å². The SMILES string of the molecule is COC(=O)C[C@H](NC(=O)CSCc1ccc(Cl)s1)C(=O)O. The highest BCUT2D eigenvalue weighted by Crippen LogP contribution is 2.24. The molecule has 6 nitrogen and oxygen atoms in total. The summed E-state index contributed by atoms with van der Waals surface area (Å²) >= 11 is 8.55. The van der Waals surface area contributed by atoms with E-state index < -0.39 is 30.3 Å². The Morgan fingerprint density at radius 3 is 2.71 bits per heavy atom. The number of carbonyl (C=O) groups is 3. The third-order valence-corrected chi connectivity index (χ3v) is 4.73. The molecular weight excluding hydrogens is 338 g/mol. The summed E-state index contributed by atoms with van der Waals surface area (Å²) in [7, 11) is 1.16. The summed E-state index contributed by atoms with van der Waals surface area (Å²) < 4.78 is 5.06. The fourth-order valence-corrected chi connectivity index (χ4v) is 3.40. The Balaban J connectivity index is 2.36. The van der Waals surface area contributed by atoms with Gasteiger partial charge in [0.25, 0.3) is 0 Å².